The molecule has 1 aliphatic carbocycles. The molecule has 2 rings (SSSR count). The zero-order chi connectivity index (χ0) is 10.7. The minimum absolute atomic E-state index is 0.275. The molecule has 3 nitrogen and oxygen atoms in total. The van der Waals surface area contributed by atoms with Gasteiger partial charge in [-0.05, 0) is 30.9 Å². The number of nitrogens with two attached hydrogens (primary N) is 1. The quantitative estimate of drug-likeness (QED) is 0.478. The lowest BCUT2D eigenvalue weighted by atomic mass is 10.3. The highest BCUT2D eigenvalue weighted by molar-refractivity contribution is 6.33. The summed E-state index contributed by atoms with van der Waals surface area (Å²) in [6.07, 6.45) is 2.57. The number of benzene rings is 1. The van der Waals surface area contributed by atoms with Crippen molar-refractivity contribution in [3.8, 4) is 5.75 Å². The van der Waals surface area contributed by atoms with Gasteiger partial charge in [-0.3, -0.25) is 0 Å². The largest absolute Gasteiger partial charge is 0.468 e. The van der Waals surface area contributed by atoms with E-state index < -0.39 is 0 Å². The maximum absolute atomic E-state index is 5.84. The fraction of sp³-hybridized carbons (Fsp3) is 0.455. The molecule has 1 saturated carbocycles. The molecule has 0 saturated heterocycles. The highest BCUT2D eigenvalue weighted by atomic mass is 35.5. The smallest absolute Gasteiger partial charge is 0.189 e. The molecule has 0 bridgehead atoms. The predicted molar refractivity (Wildman–Crippen MR) is 60.0 cm³/mol. The molecule has 1 fully saturated rings. The first-order valence-corrected chi connectivity index (χ1v) is 5.39. The van der Waals surface area contributed by atoms with Crippen LogP contribution in [0.4, 0.5) is 5.69 Å². The molecule has 2 N–H and O–H groups in total. The van der Waals surface area contributed by atoms with Crippen LogP contribution in [-0.4, -0.2) is 13.4 Å². The van der Waals surface area contributed by atoms with Crippen LogP contribution in [0.5, 0.6) is 5.75 Å². The van der Waals surface area contributed by atoms with Crippen molar-refractivity contribution in [1.82, 2.24) is 0 Å². The van der Waals surface area contributed by atoms with Crippen molar-refractivity contribution in [3.05, 3.63) is 23.2 Å². The average Bonchev–Trinajstić information content (AvgIpc) is 3.02. The van der Waals surface area contributed by atoms with Gasteiger partial charge in [-0.2, -0.15) is 0 Å². The Kier molecular flexibility index (Phi) is 3.34. The second kappa shape index (κ2) is 4.73. The van der Waals surface area contributed by atoms with E-state index in [1.54, 1.807) is 18.2 Å². The SMILES string of the molecule is Nc1ccc(OCOCC2CC2)cc1Cl. The highest BCUT2D eigenvalue weighted by Gasteiger charge is 2.21. The summed E-state index contributed by atoms with van der Waals surface area (Å²) in [6.45, 7) is 1.07. The van der Waals surface area contributed by atoms with Crippen LogP contribution in [0.15, 0.2) is 18.2 Å². The van der Waals surface area contributed by atoms with E-state index in [-0.39, 0.29) is 6.79 Å². The monoisotopic (exact) mass is 227 g/mol. The highest BCUT2D eigenvalue weighted by Crippen LogP contribution is 2.29. The van der Waals surface area contributed by atoms with E-state index in [9.17, 15) is 0 Å². The Morgan fingerprint density at radius 3 is 2.87 bits per heavy atom. The summed E-state index contributed by atoms with van der Waals surface area (Å²) < 4.78 is 10.7. The van der Waals surface area contributed by atoms with Crippen LogP contribution in [0, 0.1) is 5.92 Å². The summed E-state index contributed by atoms with van der Waals surface area (Å²) in [5.41, 5.74) is 6.13. The molecule has 0 aromatic heterocycles. The normalized spacial score (nSPS) is 15.3. The standard InChI is InChI=1S/C11H14ClNO2/c12-10-5-9(3-4-11(10)13)15-7-14-6-8-1-2-8/h3-5,8H,1-2,6-7,13H2. The number of hydrogen-bond acceptors (Lipinski definition) is 3. The van der Waals surface area contributed by atoms with Gasteiger partial charge in [0, 0.05) is 6.07 Å². The van der Waals surface area contributed by atoms with Gasteiger partial charge in [0.2, 0.25) is 0 Å². The van der Waals surface area contributed by atoms with Crippen LogP contribution >= 0.6 is 11.6 Å². The Morgan fingerprint density at radius 2 is 2.20 bits per heavy atom. The lowest BCUT2D eigenvalue weighted by Crippen LogP contribution is -2.05. The van der Waals surface area contributed by atoms with E-state index in [1.165, 1.54) is 12.8 Å². The summed E-state index contributed by atoms with van der Waals surface area (Å²) >= 11 is 5.84. The zero-order valence-electron chi connectivity index (χ0n) is 8.41. The molecular weight excluding hydrogens is 214 g/mol. The molecule has 1 aromatic carbocycles. The molecule has 0 radical (unpaired) electrons. The topological polar surface area (TPSA) is 44.5 Å². The molecule has 0 amide bonds. The van der Waals surface area contributed by atoms with Gasteiger partial charge in [0.1, 0.15) is 5.75 Å². The lowest BCUT2D eigenvalue weighted by Gasteiger charge is -2.07. The van der Waals surface area contributed by atoms with Gasteiger partial charge in [-0.15, -0.1) is 0 Å². The van der Waals surface area contributed by atoms with Gasteiger partial charge < -0.3 is 15.2 Å². The first-order valence-electron chi connectivity index (χ1n) is 5.01. The Labute approximate surface area is 94.1 Å². The van der Waals surface area contributed by atoms with Crippen molar-refractivity contribution in [1.29, 1.82) is 0 Å². The van der Waals surface area contributed by atoms with E-state index >= 15 is 0 Å². The molecule has 1 aliphatic rings. The minimum atomic E-state index is 0.275. The summed E-state index contributed by atoms with van der Waals surface area (Å²) in [4.78, 5) is 0. The number of halogens is 1. The van der Waals surface area contributed by atoms with Crippen molar-refractivity contribution in [2.45, 2.75) is 12.8 Å². The number of ether oxygens (including phenoxy) is 2. The molecule has 15 heavy (non-hydrogen) atoms. The Morgan fingerprint density at radius 1 is 1.40 bits per heavy atom. The summed E-state index contributed by atoms with van der Waals surface area (Å²) in [5, 5.41) is 0.509. The van der Waals surface area contributed by atoms with Crippen molar-refractivity contribution in [3.63, 3.8) is 0 Å². The van der Waals surface area contributed by atoms with Crippen molar-refractivity contribution in [2.75, 3.05) is 19.1 Å². The molecule has 4 heteroatoms. The van der Waals surface area contributed by atoms with Gasteiger partial charge in [-0.1, -0.05) is 11.6 Å². The third-order valence-corrected chi connectivity index (χ3v) is 2.66. The van der Waals surface area contributed by atoms with E-state index in [0.717, 1.165) is 12.5 Å². The summed E-state index contributed by atoms with van der Waals surface area (Å²) in [6, 6.07) is 5.19. The number of rotatable bonds is 5. The van der Waals surface area contributed by atoms with Crippen molar-refractivity contribution in [2.24, 2.45) is 5.92 Å². The number of anilines is 1. The maximum atomic E-state index is 5.84. The fourth-order valence-corrected chi connectivity index (χ4v) is 1.38. The van der Waals surface area contributed by atoms with Crippen LogP contribution in [0.2, 0.25) is 5.02 Å². The fourth-order valence-electron chi connectivity index (χ4n) is 1.21. The van der Waals surface area contributed by atoms with Crippen molar-refractivity contribution < 1.29 is 9.47 Å². The molecule has 0 spiro atoms. The lowest BCUT2D eigenvalue weighted by molar-refractivity contribution is 0.01000. The Balaban J connectivity index is 1.74. The second-order valence-electron chi connectivity index (χ2n) is 3.76. The van der Waals surface area contributed by atoms with Crippen LogP contribution in [0.3, 0.4) is 0 Å². The van der Waals surface area contributed by atoms with E-state index in [4.69, 9.17) is 26.8 Å². The molecule has 0 unspecified atom stereocenters. The molecule has 1 aromatic rings. The van der Waals surface area contributed by atoms with Crippen LogP contribution < -0.4 is 10.5 Å². The maximum Gasteiger partial charge on any atom is 0.189 e. The Hall–Kier alpha value is -0.930. The van der Waals surface area contributed by atoms with E-state index in [2.05, 4.69) is 0 Å². The second-order valence-corrected chi connectivity index (χ2v) is 4.17. The van der Waals surface area contributed by atoms with Crippen LogP contribution in [0.25, 0.3) is 0 Å². The molecular formula is C11H14ClNO2. The van der Waals surface area contributed by atoms with Gasteiger partial charge in [0.15, 0.2) is 6.79 Å². The number of hydrogen-bond donors (Lipinski definition) is 1. The van der Waals surface area contributed by atoms with Crippen molar-refractivity contribution >= 4 is 17.3 Å². The van der Waals surface area contributed by atoms with E-state index in [0.29, 0.717) is 16.5 Å². The molecule has 0 heterocycles. The molecule has 82 valence electrons. The third kappa shape index (κ3) is 3.29. The molecule has 0 atom stereocenters. The molecule has 0 aliphatic heterocycles. The van der Waals surface area contributed by atoms with Crippen LogP contribution in [0.1, 0.15) is 12.8 Å². The first kappa shape index (κ1) is 10.6. The number of nitrogen functional groups attached to an aromatic ring is 1. The summed E-state index contributed by atoms with van der Waals surface area (Å²) in [7, 11) is 0. The van der Waals surface area contributed by atoms with E-state index in [1.807, 2.05) is 0 Å². The average molecular weight is 228 g/mol. The third-order valence-electron chi connectivity index (χ3n) is 2.33. The Bertz CT molecular complexity index is 339. The van der Waals surface area contributed by atoms with Gasteiger partial charge in [-0.25, -0.2) is 0 Å². The van der Waals surface area contributed by atoms with Gasteiger partial charge >= 0.3 is 0 Å². The minimum Gasteiger partial charge on any atom is -0.468 e. The van der Waals surface area contributed by atoms with Gasteiger partial charge in [0.05, 0.1) is 17.3 Å². The predicted octanol–water partition coefficient (Wildman–Crippen LogP) is 2.69. The first-order chi connectivity index (χ1) is 7.25. The van der Waals surface area contributed by atoms with Gasteiger partial charge in [0.25, 0.3) is 0 Å². The zero-order valence-corrected chi connectivity index (χ0v) is 9.17. The summed E-state index contributed by atoms with van der Waals surface area (Å²) in [5.74, 6) is 1.44. The van der Waals surface area contributed by atoms with Crippen LogP contribution in [-0.2, 0) is 4.74 Å².